The molecule has 3 aromatic heterocycles. The monoisotopic (exact) mass is 404 g/mol. The maximum atomic E-state index is 5.51. The molecule has 0 aliphatic carbocycles. The van der Waals surface area contributed by atoms with Crippen LogP contribution in [0.15, 0.2) is 48.8 Å². The summed E-state index contributed by atoms with van der Waals surface area (Å²) in [5.74, 6) is 1.81. The van der Waals surface area contributed by atoms with Crippen LogP contribution >= 0.6 is 0 Å². The highest BCUT2D eigenvalue weighted by Gasteiger charge is 2.18. The predicted molar refractivity (Wildman–Crippen MR) is 119 cm³/mol. The van der Waals surface area contributed by atoms with Crippen LogP contribution in [-0.4, -0.2) is 50.7 Å². The molecule has 4 aromatic rings. The van der Waals surface area contributed by atoms with Gasteiger partial charge in [-0.15, -0.1) is 0 Å². The number of rotatable bonds is 3. The molecule has 4 heterocycles. The first-order valence-electron chi connectivity index (χ1n) is 10.5. The zero-order chi connectivity index (χ0) is 21.1. The first kappa shape index (κ1) is 20.1. The molecule has 0 N–H and O–H groups in total. The Morgan fingerprint density at radius 1 is 1.00 bits per heavy atom. The Morgan fingerprint density at radius 3 is 2.57 bits per heavy atom. The first-order valence-corrected chi connectivity index (χ1v) is 10.5. The molecule has 0 bridgehead atoms. The summed E-state index contributed by atoms with van der Waals surface area (Å²) in [4.78, 5) is 7.12. The molecular formula is C23H28N6O. The summed E-state index contributed by atoms with van der Waals surface area (Å²) >= 11 is 0. The van der Waals surface area contributed by atoms with Crippen LogP contribution < -0.4 is 4.90 Å². The van der Waals surface area contributed by atoms with Crippen molar-refractivity contribution in [2.45, 2.75) is 27.7 Å². The van der Waals surface area contributed by atoms with Crippen LogP contribution in [0.2, 0.25) is 0 Å². The lowest BCUT2D eigenvalue weighted by Crippen LogP contribution is -2.37. The summed E-state index contributed by atoms with van der Waals surface area (Å²) in [6, 6.07) is 12.4. The van der Waals surface area contributed by atoms with Crippen molar-refractivity contribution in [2.24, 2.45) is 0 Å². The van der Waals surface area contributed by atoms with Crippen molar-refractivity contribution in [1.29, 1.82) is 0 Å². The molecule has 1 aromatic carbocycles. The molecule has 1 aliphatic heterocycles. The second kappa shape index (κ2) is 8.67. The largest absolute Gasteiger partial charge is 0.378 e. The third-order valence-electron chi connectivity index (χ3n) is 5.09. The van der Waals surface area contributed by atoms with E-state index >= 15 is 0 Å². The standard InChI is InChI=1S/C21H22N6O.C2H6/c1-15-4-3-5-17(12-15)18-6-7-26(24-18)19-13-20(25-8-10-28-11-9-25)27-21(23-19)16(2)14-22-27;1-2/h3-7,12-14H,8-11H2,1-2H3;1-2H3. The predicted octanol–water partition coefficient (Wildman–Crippen LogP) is 4.06. The minimum absolute atomic E-state index is 0.721. The Bertz CT molecular complexity index is 1140. The normalized spacial score (nSPS) is 13.9. The van der Waals surface area contributed by atoms with Crippen LogP contribution in [-0.2, 0) is 4.74 Å². The molecule has 1 saturated heterocycles. The maximum Gasteiger partial charge on any atom is 0.162 e. The number of ether oxygens (including phenoxy) is 1. The van der Waals surface area contributed by atoms with E-state index in [9.17, 15) is 0 Å². The number of fused-ring (bicyclic) bond motifs is 1. The second-order valence-electron chi connectivity index (χ2n) is 7.15. The second-order valence-corrected chi connectivity index (χ2v) is 7.15. The Morgan fingerprint density at radius 2 is 1.80 bits per heavy atom. The van der Waals surface area contributed by atoms with E-state index in [1.807, 2.05) is 48.4 Å². The lowest BCUT2D eigenvalue weighted by atomic mass is 10.1. The van der Waals surface area contributed by atoms with Crippen LogP contribution in [0, 0.1) is 13.8 Å². The first-order chi connectivity index (χ1) is 14.7. The fourth-order valence-electron chi connectivity index (χ4n) is 3.59. The van der Waals surface area contributed by atoms with Gasteiger partial charge in [0.25, 0.3) is 0 Å². The summed E-state index contributed by atoms with van der Waals surface area (Å²) in [6.07, 6.45) is 3.82. The van der Waals surface area contributed by atoms with E-state index in [2.05, 4.69) is 47.3 Å². The number of nitrogens with zero attached hydrogens (tertiary/aromatic N) is 6. The fraction of sp³-hybridized carbons (Fsp3) is 0.348. The zero-order valence-electron chi connectivity index (χ0n) is 18.0. The van der Waals surface area contributed by atoms with Gasteiger partial charge >= 0.3 is 0 Å². The number of hydrogen-bond acceptors (Lipinski definition) is 5. The van der Waals surface area contributed by atoms with E-state index in [0.29, 0.717) is 0 Å². The summed E-state index contributed by atoms with van der Waals surface area (Å²) in [5, 5.41) is 9.31. The molecule has 1 aliphatic rings. The topological polar surface area (TPSA) is 60.5 Å². The maximum absolute atomic E-state index is 5.51. The molecule has 0 atom stereocenters. The lowest BCUT2D eigenvalue weighted by Gasteiger charge is -2.29. The smallest absolute Gasteiger partial charge is 0.162 e. The van der Waals surface area contributed by atoms with E-state index in [-0.39, 0.29) is 0 Å². The highest BCUT2D eigenvalue weighted by molar-refractivity contribution is 5.61. The van der Waals surface area contributed by atoms with E-state index < -0.39 is 0 Å². The van der Waals surface area contributed by atoms with Gasteiger partial charge in [0.1, 0.15) is 5.82 Å². The van der Waals surface area contributed by atoms with Crippen molar-refractivity contribution in [3.63, 3.8) is 0 Å². The van der Waals surface area contributed by atoms with E-state index in [0.717, 1.165) is 60.4 Å². The average molecular weight is 405 g/mol. The molecule has 0 unspecified atom stereocenters. The minimum Gasteiger partial charge on any atom is -0.378 e. The molecule has 156 valence electrons. The van der Waals surface area contributed by atoms with Crippen molar-refractivity contribution in [3.05, 3.63) is 59.9 Å². The van der Waals surface area contributed by atoms with E-state index in [1.54, 1.807) is 0 Å². The number of hydrogen-bond donors (Lipinski definition) is 0. The van der Waals surface area contributed by atoms with Crippen molar-refractivity contribution >= 4 is 11.5 Å². The molecule has 0 radical (unpaired) electrons. The lowest BCUT2D eigenvalue weighted by molar-refractivity contribution is 0.122. The summed E-state index contributed by atoms with van der Waals surface area (Å²) in [5.41, 5.74) is 5.15. The van der Waals surface area contributed by atoms with Crippen LogP contribution in [0.25, 0.3) is 22.7 Å². The Labute approximate surface area is 176 Å². The summed E-state index contributed by atoms with van der Waals surface area (Å²) < 4.78 is 9.26. The summed E-state index contributed by atoms with van der Waals surface area (Å²) in [7, 11) is 0. The van der Waals surface area contributed by atoms with Gasteiger partial charge in [0.15, 0.2) is 11.5 Å². The van der Waals surface area contributed by atoms with Gasteiger partial charge in [0.05, 0.1) is 25.1 Å². The van der Waals surface area contributed by atoms with Gasteiger partial charge in [-0.3, -0.25) is 0 Å². The SMILES string of the molecule is CC.Cc1cccc(-c2ccn(-c3cc(N4CCOCC4)n4ncc(C)c4n3)n2)c1. The average Bonchev–Trinajstić information content (AvgIpc) is 3.43. The highest BCUT2D eigenvalue weighted by Crippen LogP contribution is 2.24. The molecule has 7 nitrogen and oxygen atoms in total. The van der Waals surface area contributed by atoms with Gasteiger partial charge in [0, 0.05) is 36.5 Å². The van der Waals surface area contributed by atoms with Crippen LogP contribution in [0.1, 0.15) is 25.0 Å². The molecule has 0 amide bonds. The molecule has 0 spiro atoms. The Balaban J connectivity index is 0.00000106. The number of anilines is 1. The number of aromatic nitrogens is 5. The van der Waals surface area contributed by atoms with Crippen molar-refractivity contribution in [3.8, 4) is 17.1 Å². The third-order valence-corrected chi connectivity index (χ3v) is 5.09. The van der Waals surface area contributed by atoms with Gasteiger partial charge in [-0.1, -0.05) is 37.6 Å². The van der Waals surface area contributed by atoms with Crippen LogP contribution in [0.5, 0.6) is 0 Å². The van der Waals surface area contributed by atoms with Gasteiger partial charge < -0.3 is 9.64 Å². The quantitative estimate of drug-likeness (QED) is 0.515. The molecule has 0 saturated carbocycles. The van der Waals surface area contributed by atoms with E-state index in [1.165, 1.54) is 5.56 Å². The van der Waals surface area contributed by atoms with Gasteiger partial charge in [0.2, 0.25) is 0 Å². The van der Waals surface area contributed by atoms with Crippen molar-refractivity contribution in [2.75, 3.05) is 31.2 Å². The minimum atomic E-state index is 0.721. The molecule has 7 heteroatoms. The third kappa shape index (κ3) is 3.80. The summed E-state index contributed by atoms with van der Waals surface area (Å²) in [6.45, 7) is 11.2. The molecular weight excluding hydrogens is 376 g/mol. The number of morpholine rings is 1. The van der Waals surface area contributed by atoms with Crippen molar-refractivity contribution in [1.82, 2.24) is 24.4 Å². The van der Waals surface area contributed by atoms with Gasteiger partial charge in [-0.2, -0.15) is 14.7 Å². The molecule has 1 fully saturated rings. The van der Waals surface area contributed by atoms with Gasteiger partial charge in [-0.05, 0) is 26.0 Å². The van der Waals surface area contributed by atoms with Crippen LogP contribution in [0.3, 0.4) is 0 Å². The fourth-order valence-corrected chi connectivity index (χ4v) is 3.59. The number of aryl methyl sites for hydroxylation is 2. The Hall–Kier alpha value is -3.19. The highest BCUT2D eigenvalue weighted by atomic mass is 16.5. The van der Waals surface area contributed by atoms with Crippen molar-refractivity contribution < 1.29 is 4.74 Å². The Kier molecular flexibility index (Phi) is 5.81. The van der Waals surface area contributed by atoms with E-state index in [4.69, 9.17) is 14.8 Å². The zero-order valence-corrected chi connectivity index (χ0v) is 18.0. The van der Waals surface area contributed by atoms with Crippen LogP contribution in [0.4, 0.5) is 5.82 Å². The molecule has 5 rings (SSSR count). The van der Waals surface area contributed by atoms with Gasteiger partial charge in [-0.25, -0.2) is 9.67 Å². The number of benzene rings is 1. The molecule has 30 heavy (non-hydrogen) atoms.